The maximum Gasteiger partial charge on any atom is 0.320 e. The fourth-order valence-electron chi connectivity index (χ4n) is 3.07. The van der Waals surface area contributed by atoms with Crippen LogP contribution in [0.5, 0.6) is 0 Å². The first-order valence-corrected chi connectivity index (χ1v) is 7.28. The number of carboxylic acid groups (broad SMARTS) is 1. The number of aryl methyl sites for hydroxylation is 1. The number of benzene rings is 1. The second kappa shape index (κ2) is 6.86. The van der Waals surface area contributed by atoms with E-state index in [-0.39, 0.29) is 5.92 Å². The summed E-state index contributed by atoms with van der Waals surface area (Å²) in [6.45, 7) is 5.03. The first-order valence-electron chi connectivity index (χ1n) is 7.28. The molecule has 1 atom stereocenters. The van der Waals surface area contributed by atoms with Gasteiger partial charge in [-0.3, -0.25) is 9.69 Å². The first kappa shape index (κ1) is 15.0. The van der Waals surface area contributed by atoms with E-state index >= 15 is 0 Å². The predicted molar refractivity (Wildman–Crippen MR) is 79.7 cm³/mol. The zero-order chi connectivity index (χ0) is 14.5. The molecule has 1 aliphatic rings. The van der Waals surface area contributed by atoms with Gasteiger partial charge in [0.1, 0.15) is 6.04 Å². The number of likely N-dealkylation sites (N-methyl/N-ethyl adjacent to an activating group) is 1. The van der Waals surface area contributed by atoms with E-state index in [9.17, 15) is 9.90 Å². The van der Waals surface area contributed by atoms with Gasteiger partial charge in [0.25, 0.3) is 0 Å². The largest absolute Gasteiger partial charge is 0.480 e. The maximum absolute atomic E-state index is 11.2. The Labute approximate surface area is 120 Å². The van der Waals surface area contributed by atoms with Gasteiger partial charge >= 0.3 is 5.97 Å². The van der Waals surface area contributed by atoms with Crippen LogP contribution in [0.25, 0.3) is 0 Å². The smallest absolute Gasteiger partial charge is 0.320 e. The lowest BCUT2D eigenvalue weighted by Gasteiger charge is -2.34. The lowest BCUT2D eigenvalue weighted by Crippen LogP contribution is -2.46. The zero-order valence-corrected chi connectivity index (χ0v) is 12.3. The number of aliphatic carboxylic acids is 1. The summed E-state index contributed by atoms with van der Waals surface area (Å²) in [5.41, 5.74) is 2.63. The summed E-state index contributed by atoms with van der Waals surface area (Å²) >= 11 is 0. The monoisotopic (exact) mass is 276 g/mol. The van der Waals surface area contributed by atoms with Crippen LogP contribution in [0.2, 0.25) is 0 Å². The number of carbonyl (C=O) groups is 1. The van der Waals surface area contributed by atoms with Crippen LogP contribution in [0.4, 0.5) is 0 Å². The van der Waals surface area contributed by atoms with Crippen LogP contribution in [0, 0.1) is 12.8 Å². The Morgan fingerprint density at radius 3 is 2.70 bits per heavy atom. The molecule has 1 aliphatic heterocycles. The predicted octanol–water partition coefficient (Wildman–Crippen LogP) is 1.88. The number of likely N-dealkylation sites (tertiary alicyclic amines) is 1. The average Bonchev–Trinajstić information content (AvgIpc) is 2.41. The lowest BCUT2D eigenvalue weighted by molar-refractivity contribution is -0.141. The molecule has 0 spiro atoms. The van der Waals surface area contributed by atoms with Crippen molar-refractivity contribution in [3.05, 3.63) is 35.4 Å². The van der Waals surface area contributed by atoms with Crippen molar-refractivity contribution < 1.29 is 9.90 Å². The second-order valence-electron chi connectivity index (χ2n) is 5.71. The number of rotatable bonds is 5. The maximum atomic E-state index is 11.2. The number of piperidine rings is 1. The van der Waals surface area contributed by atoms with Crippen molar-refractivity contribution in [1.82, 2.24) is 10.2 Å². The third-order valence-electron chi connectivity index (χ3n) is 4.17. The number of hydrogen-bond acceptors (Lipinski definition) is 3. The fourth-order valence-corrected chi connectivity index (χ4v) is 3.07. The van der Waals surface area contributed by atoms with Gasteiger partial charge in [-0.1, -0.05) is 29.8 Å². The first-order chi connectivity index (χ1) is 9.60. The molecule has 0 aliphatic carbocycles. The number of nitrogens with one attached hydrogen (secondary N) is 1. The SMILES string of the molecule is CNC(C(=O)O)C1CCN(Cc2cccc(C)c2)CC1. The summed E-state index contributed by atoms with van der Waals surface area (Å²) < 4.78 is 0. The van der Waals surface area contributed by atoms with Crippen LogP contribution in [0.3, 0.4) is 0 Å². The molecule has 1 heterocycles. The number of carboxylic acids is 1. The van der Waals surface area contributed by atoms with Crippen molar-refractivity contribution in [3.63, 3.8) is 0 Å². The molecule has 0 aromatic heterocycles. The summed E-state index contributed by atoms with van der Waals surface area (Å²) in [7, 11) is 1.73. The number of hydrogen-bond donors (Lipinski definition) is 2. The van der Waals surface area contributed by atoms with Crippen molar-refractivity contribution >= 4 is 5.97 Å². The van der Waals surface area contributed by atoms with Gasteiger partial charge in [0.15, 0.2) is 0 Å². The van der Waals surface area contributed by atoms with Crippen molar-refractivity contribution in [2.45, 2.75) is 32.4 Å². The molecule has 1 saturated heterocycles. The van der Waals surface area contributed by atoms with Crippen molar-refractivity contribution in [2.75, 3.05) is 20.1 Å². The molecular weight excluding hydrogens is 252 g/mol. The molecule has 0 bridgehead atoms. The highest BCUT2D eigenvalue weighted by Crippen LogP contribution is 2.22. The minimum atomic E-state index is -0.732. The van der Waals surface area contributed by atoms with Gasteiger partial charge in [0.2, 0.25) is 0 Å². The van der Waals surface area contributed by atoms with Crippen molar-refractivity contribution in [2.24, 2.45) is 5.92 Å². The molecule has 20 heavy (non-hydrogen) atoms. The van der Waals surface area contributed by atoms with E-state index in [1.54, 1.807) is 7.05 Å². The Balaban J connectivity index is 1.86. The second-order valence-corrected chi connectivity index (χ2v) is 5.71. The summed E-state index contributed by atoms with van der Waals surface area (Å²) in [5.74, 6) is -0.490. The van der Waals surface area contributed by atoms with E-state index < -0.39 is 12.0 Å². The van der Waals surface area contributed by atoms with E-state index in [1.165, 1.54) is 11.1 Å². The molecule has 4 heteroatoms. The molecule has 2 rings (SSSR count). The van der Waals surface area contributed by atoms with E-state index in [0.29, 0.717) is 0 Å². The summed E-state index contributed by atoms with van der Waals surface area (Å²) in [4.78, 5) is 13.6. The molecule has 0 radical (unpaired) electrons. The molecule has 0 amide bonds. The van der Waals surface area contributed by atoms with Crippen LogP contribution in [0.15, 0.2) is 24.3 Å². The molecule has 1 fully saturated rings. The van der Waals surface area contributed by atoms with E-state index in [1.807, 2.05) is 0 Å². The Bertz CT molecular complexity index is 454. The summed E-state index contributed by atoms with van der Waals surface area (Å²) in [6.07, 6.45) is 1.90. The Morgan fingerprint density at radius 1 is 1.45 bits per heavy atom. The standard InChI is InChI=1S/C16H24N2O2/c1-12-4-3-5-13(10-12)11-18-8-6-14(7-9-18)15(17-2)16(19)20/h3-5,10,14-15,17H,6-9,11H2,1-2H3,(H,19,20). The Morgan fingerprint density at radius 2 is 2.15 bits per heavy atom. The normalized spacial score (nSPS) is 18.9. The molecule has 0 saturated carbocycles. The zero-order valence-electron chi connectivity index (χ0n) is 12.3. The molecule has 2 N–H and O–H groups in total. The van der Waals surface area contributed by atoms with Gasteiger partial charge < -0.3 is 10.4 Å². The highest BCUT2D eigenvalue weighted by molar-refractivity contribution is 5.73. The van der Waals surface area contributed by atoms with Gasteiger partial charge in [-0.2, -0.15) is 0 Å². The Kier molecular flexibility index (Phi) is 5.15. The van der Waals surface area contributed by atoms with Gasteiger partial charge in [0.05, 0.1) is 0 Å². The van der Waals surface area contributed by atoms with Gasteiger partial charge in [-0.05, 0) is 51.4 Å². The highest BCUT2D eigenvalue weighted by Gasteiger charge is 2.29. The van der Waals surface area contributed by atoms with E-state index in [4.69, 9.17) is 0 Å². The third-order valence-corrected chi connectivity index (χ3v) is 4.17. The Hall–Kier alpha value is -1.39. The fraction of sp³-hybridized carbons (Fsp3) is 0.562. The molecule has 1 aromatic carbocycles. The van der Waals surface area contributed by atoms with Crippen molar-refractivity contribution in [3.8, 4) is 0 Å². The van der Waals surface area contributed by atoms with E-state index in [2.05, 4.69) is 41.4 Å². The van der Waals surface area contributed by atoms with Crippen LogP contribution >= 0.6 is 0 Å². The molecule has 4 nitrogen and oxygen atoms in total. The van der Waals surface area contributed by atoms with Crippen LogP contribution in [0.1, 0.15) is 24.0 Å². The summed E-state index contributed by atoms with van der Waals surface area (Å²) in [6, 6.07) is 8.18. The minimum absolute atomic E-state index is 0.242. The number of nitrogens with zero attached hydrogens (tertiary/aromatic N) is 1. The quantitative estimate of drug-likeness (QED) is 0.862. The van der Waals surface area contributed by atoms with Crippen LogP contribution in [-0.2, 0) is 11.3 Å². The topological polar surface area (TPSA) is 52.6 Å². The summed E-state index contributed by atoms with van der Waals surface area (Å²) in [5, 5.41) is 12.1. The van der Waals surface area contributed by atoms with Gasteiger partial charge in [-0.15, -0.1) is 0 Å². The molecule has 1 aromatic rings. The van der Waals surface area contributed by atoms with Crippen LogP contribution < -0.4 is 5.32 Å². The molecular formula is C16H24N2O2. The van der Waals surface area contributed by atoms with Gasteiger partial charge in [0, 0.05) is 6.54 Å². The third kappa shape index (κ3) is 3.81. The van der Waals surface area contributed by atoms with Gasteiger partial charge in [-0.25, -0.2) is 0 Å². The molecule has 1 unspecified atom stereocenters. The highest BCUT2D eigenvalue weighted by atomic mass is 16.4. The average molecular weight is 276 g/mol. The lowest BCUT2D eigenvalue weighted by atomic mass is 9.89. The molecule has 110 valence electrons. The minimum Gasteiger partial charge on any atom is -0.480 e. The van der Waals surface area contributed by atoms with Crippen molar-refractivity contribution in [1.29, 1.82) is 0 Å². The van der Waals surface area contributed by atoms with Crippen LogP contribution in [-0.4, -0.2) is 42.2 Å². The van der Waals surface area contributed by atoms with E-state index in [0.717, 1.165) is 32.5 Å².